The first kappa shape index (κ1) is 19.2. The SMILES string of the molecule is Cc1nc2c(cnn2-c2ccccc2)c(=O)n1CC(O)COc1ccc(Cl)cc1. The molecule has 1 atom stereocenters. The fourth-order valence-electron chi connectivity index (χ4n) is 3.07. The Bertz CT molecular complexity index is 1190. The average Bonchev–Trinajstić information content (AvgIpc) is 3.15. The maximum absolute atomic E-state index is 12.9. The number of hydrogen-bond acceptors (Lipinski definition) is 5. The topological polar surface area (TPSA) is 82.2 Å². The van der Waals surface area contributed by atoms with E-state index in [0.29, 0.717) is 27.6 Å². The summed E-state index contributed by atoms with van der Waals surface area (Å²) in [6.07, 6.45) is 0.620. The first-order valence-electron chi connectivity index (χ1n) is 9.10. The molecule has 4 rings (SSSR count). The minimum absolute atomic E-state index is 0.0365. The van der Waals surface area contributed by atoms with Crippen molar-refractivity contribution in [1.29, 1.82) is 0 Å². The van der Waals surface area contributed by atoms with Crippen LogP contribution >= 0.6 is 11.6 Å². The van der Waals surface area contributed by atoms with E-state index in [0.717, 1.165) is 5.69 Å². The van der Waals surface area contributed by atoms with Gasteiger partial charge in [-0.25, -0.2) is 9.67 Å². The lowest BCUT2D eigenvalue weighted by atomic mass is 10.3. The third-order valence-corrected chi connectivity index (χ3v) is 4.78. The summed E-state index contributed by atoms with van der Waals surface area (Å²) >= 11 is 5.85. The van der Waals surface area contributed by atoms with Crippen LogP contribution in [0.4, 0.5) is 0 Å². The Balaban J connectivity index is 1.56. The Morgan fingerprint density at radius 3 is 2.59 bits per heavy atom. The number of benzene rings is 2. The van der Waals surface area contributed by atoms with E-state index in [2.05, 4.69) is 10.1 Å². The van der Waals surface area contributed by atoms with Crippen LogP contribution in [0.25, 0.3) is 16.7 Å². The van der Waals surface area contributed by atoms with E-state index in [9.17, 15) is 9.90 Å². The summed E-state index contributed by atoms with van der Waals surface area (Å²) in [5.74, 6) is 1.08. The number of aliphatic hydroxyl groups is 1. The molecule has 0 bridgehead atoms. The van der Waals surface area contributed by atoms with Crippen molar-refractivity contribution in [2.75, 3.05) is 6.61 Å². The van der Waals surface area contributed by atoms with Gasteiger partial charge in [-0.05, 0) is 43.3 Å². The van der Waals surface area contributed by atoms with Crippen molar-refractivity contribution >= 4 is 22.6 Å². The highest BCUT2D eigenvalue weighted by atomic mass is 35.5. The van der Waals surface area contributed by atoms with Crippen LogP contribution in [0.15, 0.2) is 65.6 Å². The van der Waals surface area contributed by atoms with E-state index in [1.54, 1.807) is 35.9 Å². The molecule has 0 aliphatic heterocycles. The van der Waals surface area contributed by atoms with Crippen LogP contribution in [0.1, 0.15) is 5.82 Å². The number of ether oxygens (including phenoxy) is 1. The van der Waals surface area contributed by atoms with Crippen molar-refractivity contribution in [2.24, 2.45) is 0 Å². The lowest BCUT2D eigenvalue weighted by molar-refractivity contribution is 0.0909. The van der Waals surface area contributed by atoms with Gasteiger partial charge in [0.2, 0.25) is 0 Å². The number of aromatic nitrogens is 4. The molecule has 1 unspecified atom stereocenters. The van der Waals surface area contributed by atoms with Gasteiger partial charge in [0.1, 0.15) is 29.7 Å². The first-order valence-corrected chi connectivity index (χ1v) is 9.48. The second kappa shape index (κ2) is 8.06. The molecule has 0 aliphatic rings. The number of aryl methyl sites for hydroxylation is 1. The van der Waals surface area contributed by atoms with Gasteiger partial charge in [-0.15, -0.1) is 0 Å². The number of fused-ring (bicyclic) bond motifs is 1. The minimum atomic E-state index is -0.884. The van der Waals surface area contributed by atoms with Crippen LogP contribution in [-0.2, 0) is 6.54 Å². The lowest BCUT2D eigenvalue weighted by Gasteiger charge is -2.16. The Kier molecular flexibility index (Phi) is 5.33. The van der Waals surface area contributed by atoms with E-state index in [4.69, 9.17) is 16.3 Å². The molecule has 2 heterocycles. The fraction of sp³-hybridized carbons (Fsp3) is 0.190. The van der Waals surface area contributed by atoms with Gasteiger partial charge in [0, 0.05) is 5.02 Å². The van der Waals surface area contributed by atoms with E-state index in [1.165, 1.54) is 10.8 Å². The van der Waals surface area contributed by atoms with E-state index in [1.807, 2.05) is 30.3 Å². The van der Waals surface area contributed by atoms with Crippen molar-refractivity contribution in [2.45, 2.75) is 19.6 Å². The molecule has 0 spiro atoms. The lowest BCUT2D eigenvalue weighted by Crippen LogP contribution is -2.32. The number of aliphatic hydroxyl groups excluding tert-OH is 1. The third-order valence-electron chi connectivity index (χ3n) is 4.53. The number of para-hydroxylation sites is 1. The van der Waals surface area contributed by atoms with Crippen molar-refractivity contribution in [3.05, 3.63) is 82.0 Å². The fourth-order valence-corrected chi connectivity index (χ4v) is 3.19. The van der Waals surface area contributed by atoms with Crippen molar-refractivity contribution in [3.8, 4) is 11.4 Å². The molecule has 0 saturated heterocycles. The summed E-state index contributed by atoms with van der Waals surface area (Å²) in [5.41, 5.74) is 1.06. The molecule has 0 radical (unpaired) electrons. The number of nitrogens with zero attached hydrogens (tertiary/aromatic N) is 4. The second-order valence-corrected chi connectivity index (χ2v) is 7.06. The van der Waals surface area contributed by atoms with Gasteiger partial charge in [0.15, 0.2) is 5.65 Å². The normalized spacial score (nSPS) is 12.2. The number of rotatable bonds is 6. The molecule has 8 heteroatoms. The molecule has 0 amide bonds. The molecule has 7 nitrogen and oxygen atoms in total. The van der Waals surface area contributed by atoms with Gasteiger partial charge in [-0.3, -0.25) is 9.36 Å². The zero-order chi connectivity index (χ0) is 20.4. The van der Waals surface area contributed by atoms with Crippen LogP contribution in [-0.4, -0.2) is 37.1 Å². The van der Waals surface area contributed by atoms with E-state index >= 15 is 0 Å². The molecule has 0 fully saturated rings. The molecule has 4 aromatic rings. The number of hydrogen-bond donors (Lipinski definition) is 1. The zero-order valence-electron chi connectivity index (χ0n) is 15.7. The van der Waals surface area contributed by atoms with Gasteiger partial charge >= 0.3 is 0 Å². The van der Waals surface area contributed by atoms with Crippen LogP contribution in [0.2, 0.25) is 5.02 Å². The van der Waals surface area contributed by atoms with Crippen LogP contribution in [0.5, 0.6) is 5.75 Å². The smallest absolute Gasteiger partial charge is 0.264 e. The van der Waals surface area contributed by atoms with Gasteiger partial charge in [0.25, 0.3) is 5.56 Å². The molecule has 0 saturated carbocycles. The highest BCUT2D eigenvalue weighted by molar-refractivity contribution is 6.30. The summed E-state index contributed by atoms with van der Waals surface area (Å²) in [4.78, 5) is 17.5. The first-order chi connectivity index (χ1) is 14.0. The third kappa shape index (κ3) is 4.01. The molecule has 1 N–H and O–H groups in total. The standard InChI is InChI=1S/C21H19ClN4O3/c1-14-24-20-19(11-23-26(20)16-5-3-2-4-6-16)21(28)25(14)12-17(27)13-29-18-9-7-15(22)8-10-18/h2-11,17,27H,12-13H2,1H3. The zero-order valence-corrected chi connectivity index (χ0v) is 16.5. The maximum atomic E-state index is 12.9. The largest absolute Gasteiger partial charge is 0.491 e. The Morgan fingerprint density at radius 1 is 1.14 bits per heavy atom. The van der Waals surface area contributed by atoms with Gasteiger partial charge < -0.3 is 9.84 Å². The quantitative estimate of drug-likeness (QED) is 0.528. The van der Waals surface area contributed by atoms with Gasteiger partial charge in [-0.2, -0.15) is 5.10 Å². The molecule has 2 aromatic heterocycles. The minimum Gasteiger partial charge on any atom is -0.491 e. The van der Waals surface area contributed by atoms with Crippen molar-refractivity contribution in [3.63, 3.8) is 0 Å². The number of halogens is 1. The molecule has 2 aromatic carbocycles. The van der Waals surface area contributed by atoms with E-state index < -0.39 is 6.10 Å². The van der Waals surface area contributed by atoms with Crippen LogP contribution < -0.4 is 10.3 Å². The highest BCUT2D eigenvalue weighted by Gasteiger charge is 2.16. The molecule has 29 heavy (non-hydrogen) atoms. The predicted octanol–water partition coefficient (Wildman–Crippen LogP) is 2.98. The van der Waals surface area contributed by atoms with Gasteiger partial charge in [0.05, 0.1) is 18.4 Å². The summed E-state index contributed by atoms with van der Waals surface area (Å²) in [6, 6.07) is 16.4. The molecule has 148 valence electrons. The van der Waals surface area contributed by atoms with Crippen LogP contribution in [0, 0.1) is 6.92 Å². The highest BCUT2D eigenvalue weighted by Crippen LogP contribution is 2.16. The summed E-state index contributed by atoms with van der Waals surface area (Å²) in [5, 5.41) is 15.7. The molecular weight excluding hydrogens is 392 g/mol. The maximum Gasteiger partial charge on any atom is 0.264 e. The summed E-state index contributed by atoms with van der Waals surface area (Å²) < 4.78 is 8.64. The summed E-state index contributed by atoms with van der Waals surface area (Å²) in [6.45, 7) is 1.84. The Labute approximate surface area is 171 Å². The van der Waals surface area contributed by atoms with E-state index in [-0.39, 0.29) is 18.7 Å². The average molecular weight is 411 g/mol. The van der Waals surface area contributed by atoms with Crippen LogP contribution in [0.3, 0.4) is 0 Å². The second-order valence-electron chi connectivity index (χ2n) is 6.62. The summed E-state index contributed by atoms with van der Waals surface area (Å²) in [7, 11) is 0. The molecule has 0 aliphatic carbocycles. The monoisotopic (exact) mass is 410 g/mol. The predicted molar refractivity (Wildman–Crippen MR) is 111 cm³/mol. The Hall–Kier alpha value is -3.16. The van der Waals surface area contributed by atoms with Crippen molar-refractivity contribution in [1.82, 2.24) is 19.3 Å². The van der Waals surface area contributed by atoms with Gasteiger partial charge in [-0.1, -0.05) is 29.8 Å². The van der Waals surface area contributed by atoms with Crippen molar-refractivity contribution < 1.29 is 9.84 Å². The molecular formula is C21H19ClN4O3. The Morgan fingerprint density at radius 2 is 1.86 bits per heavy atom.